The van der Waals surface area contributed by atoms with Crippen LogP contribution in [0, 0.1) is 0 Å². The van der Waals surface area contributed by atoms with Gasteiger partial charge in [-0.15, -0.1) is 6.58 Å². The van der Waals surface area contributed by atoms with Crippen LogP contribution in [0.25, 0.3) is 0 Å². The number of carbonyl (C=O) groups is 3. The van der Waals surface area contributed by atoms with Crippen LogP contribution in [-0.4, -0.2) is 50.7 Å². The molecular weight excluding hydrogens is 350 g/mol. The van der Waals surface area contributed by atoms with Crippen molar-refractivity contribution in [2.45, 2.75) is 6.54 Å². The van der Waals surface area contributed by atoms with Crippen molar-refractivity contribution in [3.63, 3.8) is 0 Å². The van der Waals surface area contributed by atoms with E-state index >= 15 is 0 Å². The maximum Gasteiger partial charge on any atom is 0.345 e. The summed E-state index contributed by atoms with van der Waals surface area (Å²) in [7, 11) is 3.45. The molecule has 1 aromatic rings. The molecular formula is C20H23NO6. The van der Waals surface area contributed by atoms with E-state index in [1.54, 1.807) is 11.0 Å². The Morgan fingerprint density at radius 3 is 2.00 bits per heavy atom. The fraction of sp³-hybridized carbons (Fsp3) is 0.250. The van der Waals surface area contributed by atoms with Gasteiger partial charge in [0.15, 0.2) is 0 Å². The van der Waals surface area contributed by atoms with Crippen LogP contribution in [0.1, 0.15) is 5.56 Å². The normalized spacial score (nSPS) is 10.4. The molecule has 0 aliphatic carbocycles. The van der Waals surface area contributed by atoms with Crippen LogP contribution in [0.4, 0.5) is 0 Å². The van der Waals surface area contributed by atoms with Crippen LogP contribution in [0.15, 0.2) is 66.4 Å². The van der Waals surface area contributed by atoms with E-state index in [1.807, 2.05) is 30.3 Å². The molecule has 0 spiro atoms. The van der Waals surface area contributed by atoms with Gasteiger partial charge in [-0.05, 0) is 11.6 Å². The largest absolute Gasteiger partial charge is 0.465 e. The van der Waals surface area contributed by atoms with Crippen molar-refractivity contribution in [2.75, 3.05) is 27.9 Å². The van der Waals surface area contributed by atoms with E-state index < -0.39 is 23.5 Å². The molecule has 0 saturated carbocycles. The Bertz CT molecular complexity index is 718. The molecule has 0 saturated heterocycles. The van der Waals surface area contributed by atoms with Crippen LogP contribution in [0.2, 0.25) is 0 Å². The van der Waals surface area contributed by atoms with E-state index in [2.05, 4.69) is 16.1 Å². The van der Waals surface area contributed by atoms with Crippen molar-refractivity contribution in [1.29, 1.82) is 0 Å². The van der Waals surface area contributed by atoms with Crippen LogP contribution >= 0.6 is 0 Å². The third-order valence-corrected chi connectivity index (χ3v) is 3.45. The van der Waals surface area contributed by atoms with E-state index in [4.69, 9.17) is 4.74 Å². The number of nitrogens with zero attached hydrogens (tertiary/aromatic N) is 1. The molecule has 7 heteroatoms. The Morgan fingerprint density at radius 2 is 1.52 bits per heavy atom. The molecule has 0 aliphatic rings. The molecule has 27 heavy (non-hydrogen) atoms. The molecule has 0 atom stereocenters. The van der Waals surface area contributed by atoms with Gasteiger partial charge in [0.25, 0.3) is 0 Å². The van der Waals surface area contributed by atoms with E-state index in [0.717, 1.165) is 25.9 Å². The molecule has 1 rings (SSSR count). The highest BCUT2D eigenvalue weighted by Crippen LogP contribution is 2.13. The Balaban J connectivity index is 3.33. The summed E-state index contributed by atoms with van der Waals surface area (Å²) in [4.78, 5) is 37.7. The second kappa shape index (κ2) is 11.3. The Kier molecular flexibility index (Phi) is 9.08. The Hall–Kier alpha value is -3.35. The van der Waals surface area contributed by atoms with Gasteiger partial charge in [-0.25, -0.2) is 14.4 Å². The van der Waals surface area contributed by atoms with Crippen LogP contribution in [0.5, 0.6) is 0 Å². The zero-order valence-electron chi connectivity index (χ0n) is 15.6. The second-order valence-corrected chi connectivity index (χ2v) is 5.32. The van der Waals surface area contributed by atoms with E-state index in [-0.39, 0.29) is 5.57 Å². The van der Waals surface area contributed by atoms with Crippen LogP contribution in [0.3, 0.4) is 0 Å². The van der Waals surface area contributed by atoms with E-state index in [1.165, 1.54) is 13.3 Å². The second-order valence-electron chi connectivity index (χ2n) is 5.32. The molecule has 7 nitrogen and oxygen atoms in total. The Labute approximate surface area is 158 Å². The van der Waals surface area contributed by atoms with Crippen LogP contribution < -0.4 is 0 Å². The molecule has 0 amide bonds. The average molecular weight is 373 g/mol. The topological polar surface area (TPSA) is 82.1 Å². The van der Waals surface area contributed by atoms with Gasteiger partial charge in [0.2, 0.25) is 0 Å². The number of esters is 3. The lowest BCUT2D eigenvalue weighted by molar-refractivity contribution is -0.144. The van der Waals surface area contributed by atoms with Gasteiger partial charge in [0, 0.05) is 19.3 Å². The first-order valence-electron chi connectivity index (χ1n) is 8.04. The lowest BCUT2D eigenvalue weighted by atomic mass is 10.1. The van der Waals surface area contributed by atoms with Crippen molar-refractivity contribution in [3.8, 4) is 0 Å². The highest BCUT2D eigenvalue weighted by atomic mass is 16.5. The highest BCUT2D eigenvalue weighted by Gasteiger charge is 2.22. The summed E-state index contributed by atoms with van der Waals surface area (Å²) in [5.41, 5.74) is 0.570. The van der Waals surface area contributed by atoms with Gasteiger partial charge >= 0.3 is 17.9 Å². The van der Waals surface area contributed by atoms with Crippen molar-refractivity contribution in [1.82, 2.24) is 4.90 Å². The summed E-state index contributed by atoms with van der Waals surface area (Å²) in [5, 5.41) is 0. The van der Waals surface area contributed by atoms with Crippen molar-refractivity contribution < 1.29 is 28.6 Å². The highest BCUT2D eigenvalue weighted by molar-refractivity contribution is 6.15. The molecule has 144 valence electrons. The maximum atomic E-state index is 12.2. The number of ether oxygens (including phenoxy) is 3. The predicted octanol–water partition coefficient (Wildman–Crippen LogP) is 2.00. The number of methoxy groups -OCH3 is 3. The SMILES string of the molecule is C=CCN(C=C(C=C(C(=O)OC)C(=O)OC)C(=O)OC)Cc1ccccc1. The lowest BCUT2D eigenvalue weighted by Crippen LogP contribution is -2.21. The molecule has 0 heterocycles. The van der Waals surface area contributed by atoms with E-state index in [9.17, 15) is 14.4 Å². The van der Waals surface area contributed by atoms with Gasteiger partial charge in [-0.3, -0.25) is 0 Å². The minimum Gasteiger partial charge on any atom is -0.465 e. The minimum atomic E-state index is -0.921. The third kappa shape index (κ3) is 6.81. The standard InChI is InChI=1S/C20H23NO6/c1-5-11-21(13-15-9-7-6-8-10-15)14-16(18(22)25-2)12-17(19(23)26-3)20(24)27-4/h5-10,12,14H,1,11,13H2,2-4H3. The fourth-order valence-corrected chi connectivity index (χ4v) is 2.19. The minimum absolute atomic E-state index is 0.0129. The number of hydrogen-bond donors (Lipinski definition) is 0. The number of benzene rings is 1. The summed E-state index contributed by atoms with van der Waals surface area (Å²) < 4.78 is 13.9. The summed E-state index contributed by atoms with van der Waals surface area (Å²) in [6, 6.07) is 9.58. The average Bonchev–Trinajstić information content (AvgIpc) is 2.70. The maximum absolute atomic E-state index is 12.2. The molecule has 0 bridgehead atoms. The molecule has 1 aromatic carbocycles. The van der Waals surface area contributed by atoms with Crippen LogP contribution in [-0.2, 0) is 35.1 Å². The van der Waals surface area contributed by atoms with Crippen molar-refractivity contribution in [3.05, 3.63) is 72.0 Å². The number of hydrogen-bond acceptors (Lipinski definition) is 7. The monoisotopic (exact) mass is 373 g/mol. The molecule has 0 aliphatic heterocycles. The van der Waals surface area contributed by atoms with Crippen molar-refractivity contribution >= 4 is 17.9 Å². The summed E-state index contributed by atoms with van der Waals surface area (Å²) in [6.45, 7) is 4.61. The summed E-state index contributed by atoms with van der Waals surface area (Å²) >= 11 is 0. The molecule has 0 aromatic heterocycles. The first-order valence-corrected chi connectivity index (χ1v) is 8.04. The first-order chi connectivity index (χ1) is 13.0. The zero-order chi connectivity index (χ0) is 20.2. The summed E-state index contributed by atoms with van der Waals surface area (Å²) in [6.07, 6.45) is 4.25. The smallest absolute Gasteiger partial charge is 0.345 e. The Morgan fingerprint density at radius 1 is 0.963 bits per heavy atom. The van der Waals surface area contributed by atoms with Gasteiger partial charge in [-0.1, -0.05) is 36.4 Å². The fourth-order valence-electron chi connectivity index (χ4n) is 2.19. The van der Waals surface area contributed by atoms with Gasteiger partial charge < -0.3 is 19.1 Å². The lowest BCUT2D eigenvalue weighted by Gasteiger charge is -2.20. The zero-order valence-corrected chi connectivity index (χ0v) is 15.6. The molecule has 0 N–H and O–H groups in total. The van der Waals surface area contributed by atoms with E-state index in [0.29, 0.717) is 13.1 Å². The first kappa shape index (κ1) is 21.7. The molecule has 0 radical (unpaired) electrons. The molecule has 0 fully saturated rings. The predicted molar refractivity (Wildman–Crippen MR) is 99.3 cm³/mol. The quantitative estimate of drug-likeness (QED) is 0.125. The summed E-state index contributed by atoms with van der Waals surface area (Å²) in [5.74, 6) is -2.56. The number of carbonyl (C=O) groups excluding carboxylic acids is 3. The van der Waals surface area contributed by atoms with Crippen molar-refractivity contribution in [2.24, 2.45) is 0 Å². The van der Waals surface area contributed by atoms with Gasteiger partial charge in [-0.2, -0.15) is 0 Å². The molecule has 0 unspecified atom stereocenters. The number of rotatable bonds is 9. The third-order valence-electron chi connectivity index (χ3n) is 3.45. The van der Waals surface area contributed by atoms with Gasteiger partial charge in [0.05, 0.1) is 26.9 Å². The van der Waals surface area contributed by atoms with Gasteiger partial charge in [0.1, 0.15) is 5.57 Å².